The molecule has 1 fully saturated rings. The molecule has 0 unspecified atom stereocenters. The summed E-state index contributed by atoms with van der Waals surface area (Å²) in [6.45, 7) is 24.3. The number of H-pyrrole nitrogens is 1. The molecule has 0 radical (unpaired) electrons. The van der Waals surface area contributed by atoms with E-state index in [2.05, 4.69) is 28.2 Å². The number of nitrogens with one attached hydrogen (secondary N) is 2. The fraction of sp³-hybridized carbons (Fsp3) is 0.608. The Morgan fingerprint density at radius 1 is 0.706 bits per heavy atom. The van der Waals surface area contributed by atoms with E-state index in [0.29, 0.717) is 95.6 Å². The third-order valence-electron chi connectivity index (χ3n) is 10.7. The SMILES string of the molecule is CCN(c1cc(-c2ccc(OCCOCCOCCOCCOCCOCCN(C(=O)OC(C)(C)C)C(=O)OC(C)(C)C)cc2)cc(C(=O)NCc2c(C)cc(C)[nH]c2=O)c1C)C1CCOCC1. The lowest BCUT2D eigenvalue weighted by atomic mass is 9.95. The monoisotopic (exact) mass is 953 g/mol. The van der Waals surface area contributed by atoms with Gasteiger partial charge in [-0.15, -0.1) is 0 Å². The first-order valence-corrected chi connectivity index (χ1v) is 23.7. The number of pyridine rings is 1. The van der Waals surface area contributed by atoms with Crippen LogP contribution in [0.15, 0.2) is 47.3 Å². The highest BCUT2D eigenvalue weighted by atomic mass is 16.6. The van der Waals surface area contributed by atoms with Gasteiger partial charge in [-0.2, -0.15) is 0 Å². The maximum Gasteiger partial charge on any atom is 0.419 e. The number of hydrogen-bond acceptors (Lipinski definition) is 14. The molecule has 2 aromatic carbocycles. The van der Waals surface area contributed by atoms with Gasteiger partial charge in [-0.1, -0.05) is 12.1 Å². The Balaban J connectivity index is 1.13. The molecule has 0 bridgehead atoms. The molecule has 17 heteroatoms. The molecule has 3 aromatic rings. The summed E-state index contributed by atoms with van der Waals surface area (Å²) < 4.78 is 50.3. The molecule has 1 saturated heterocycles. The first-order chi connectivity index (χ1) is 32.4. The minimum absolute atomic E-state index is 0.0249. The summed E-state index contributed by atoms with van der Waals surface area (Å²) in [5.41, 5.74) is 4.72. The number of imide groups is 1. The number of aromatic amines is 1. The van der Waals surface area contributed by atoms with Crippen LogP contribution >= 0.6 is 0 Å². The zero-order valence-corrected chi connectivity index (χ0v) is 42.0. The van der Waals surface area contributed by atoms with Crippen LogP contribution in [0.3, 0.4) is 0 Å². The van der Waals surface area contributed by atoms with Crippen molar-refractivity contribution in [2.24, 2.45) is 0 Å². The number of amides is 3. The van der Waals surface area contributed by atoms with Crippen LogP contribution in [-0.2, 0) is 44.4 Å². The van der Waals surface area contributed by atoms with Gasteiger partial charge in [0.15, 0.2) is 0 Å². The minimum atomic E-state index is -0.795. The Morgan fingerprint density at radius 3 is 1.72 bits per heavy atom. The lowest BCUT2D eigenvalue weighted by Crippen LogP contribution is -2.45. The maximum atomic E-state index is 13.9. The van der Waals surface area contributed by atoms with Crippen LogP contribution in [-0.4, -0.2) is 144 Å². The van der Waals surface area contributed by atoms with Gasteiger partial charge in [0.1, 0.15) is 23.6 Å². The van der Waals surface area contributed by atoms with Gasteiger partial charge in [-0.3, -0.25) is 9.59 Å². The Labute approximate surface area is 402 Å². The van der Waals surface area contributed by atoms with E-state index in [9.17, 15) is 19.2 Å². The zero-order valence-electron chi connectivity index (χ0n) is 42.0. The van der Waals surface area contributed by atoms with Crippen LogP contribution in [0.5, 0.6) is 5.75 Å². The lowest BCUT2D eigenvalue weighted by Gasteiger charge is -2.37. The van der Waals surface area contributed by atoms with E-state index in [4.69, 9.17) is 42.6 Å². The molecule has 2 N–H and O–H groups in total. The number of hydrogen-bond donors (Lipinski definition) is 2. The summed E-state index contributed by atoms with van der Waals surface area (Å²) in [4.78, 5) is 57.9. The van der Waals surface area contributed by atoms with Crippen LogP contribution in [0.4, 0.5) is 15.3 Å². The predicted octanol–water partition coefficient (Wildman–Crippen LogP) is 7.54. The Hall–Kier alpha value is -5.04. The fourth-order valence-corrected chi connectivity index (χ4v) is 7.38. The third kappa shape index (κ3) is 19.2. The van der Waals surface area contributed by atoms with Gasteiger partial charge in [-0.05, 0) is 135 Å². The van der Waals surface area contributed by atoms with Gasteiger partial charge >= 0.3 is 12.2 Å². The Kier molecular flexibility index (Phi) is 22.7. The quantitative estimate of drug-likeness (QED) is 0.0752. The van der Waals surface area contributed by atoms with E-state index in [1.54, 1.807) is 41.5 Å². The average molecular weight is 953 g/mol. The number of ether oxygens (including phenoxy) is 9. The summed E-state index contributed by atoms with van der Waals surface area (Å²) in [6.07, 6.45) is 0.233. The fourth-order valence-electron chi connectivity index (χ4n) is 7.38. The van der Waals surface area contributed by atoms with Crippen molar-refractivity contribution >= 4 is 23.8 Å². The van der Waals surface area contributed by atoms with Crippen molar-refractivity contribution in [3.63, 3.8) is 0 Å². The summed E-state index contributed by atoms with van der Waals surface area (Å²) in [5.74, 6) is 0.461. The number of carbonyl (C=O) groups is 3. The van der Waals surface area contributed by atoms with Gasteiger partial charge in [0.2, 0.25) is 0 Å². The molecule has 0 aliphatic carbocycles. The molecule has 68 heavy (non-hydrogen) atoms. The molecule has 17 nitrogen and oxygen atoms in total. The standard InChI is InChI=1S/C51H76N4O13/c1-11-54(41-16-19-60-20-17-41)45-34-40(33-43(38(45)4)46(56)52-35-44-36(2)32-37(3)53-47(44)57)39-12-14-42(15-13-39)66-31-30-65-29-28-64-27-26-63-25-24-62-23-22-61-21-18-55(48(58)67-50(5,6)7)49(59)68-51(8,9)10/h12-15,32-34,41H,11,16-31,35H2,1-10H3,(H,52,56)(H,53,57). The van der Waals surface area contributed by atoms with Gasteiger partial charge in [0.05, 0.1) is 72.6 Å². The summed E-state index contributed by atoms with van der Waals surface area (Å²) in [6, 6.07) is 14.1. The molecule has 4 rings (SSSR count). The largest absolute Gasteiger partial charge is 0.491 e. The summed E-state index contributed by atoms with van der Waals surface area (Å²) in [7, 11) is 0. The van der Waals surface area contributed by atoms with Crippen molar-refractivity contribution in [3.05, 3.63) is 80.8 Å². The summed E-state index contributed by atoms with van der Waals surface area (Å²) in [5, 5.41) is 3.02. The van der Waals surface area contributed by atoms with Gasteiger partial charge in [0, 0.05) is 54.9 Å². The van der Waals surface area contributed by atoms with E-state index in [1.807, 2.05) is 57.2 Å². The topological polar surface area (TPSA) is 186 Å². The maximum absolute atomic E-state index is 13.9. The molecule has 378 valence electrons. The second kappa shape index (κ2) is 27.8. The first-order valence-electron chi connectivity index (χ1n) is 23.7. The highest BCUT2D eigenvalue weighted by Crippen LogP contribution is 2.34. The molecule has 0 saturated carbocycles. The number of aromatic nitrogens is 1. The smallest absolute Gasteiger partial charge is 0.419 e. The average Bonchev–Trinajstić information content (AvgIpc) is 3.27. The third-order valence-corrected chi connectivity index (χ3v) is 10.7. The van der Waals surface area contributed by atoms with E-state index in [1.165, 1.54) is 0 Å². The Morgan fingerprint density at radius 2 is 1.22 bits per heavy atom. The predicted molar refractivity (Wildman–Crippen MR) is 260 cm³/mol. The number of carbonyl (C=O) groups excluding carboxylic acids is 3. The number of nitrogens with zero attached hydrogens (tertiary/aromatic N) is 2. The first kappa shape index (κ1) is 55.6. The second-order valence-corrected chi connectivity index (χ2v) is 18.5. The normalized spacial score (nSPS) is 13.3. The lowest BCUT2D eigenvalue weighted by molar-refractivity contribution is -0.0182. The second-order valence-electron chi connectivity index (χ2n) is 18.5. The van der Waals surface area contributed by atoms with Crippen molar-refractivity contribution < 1.29 is 57.0 Å². The van der Waals surface area contributed by atoms with E-state index < -0.39 is 23.4 Å². The highest BCUT2D eigenvalue weighted by molar-refractivity contribution is 5.99. The number of benzene rings is 2. The molecular weight excluding hydrogens is 877 g/mol. The molecule has 0 spiro atoms. The molecule has 2 heterocycles. The van der Waals surface area contributed by atoms with Crippen LogP contribution in [0.25, 0.3) is 11.1 Å². The van der Waals surface area contributed by atoms with Crippen LogP contribution in [0.1, 0.15) is 94.1 Å². The zero-order chi connectivity index (χ0) is 49.7. The molecule has 0 atom stereocenters. The van der Waals surface area contributed by atoms with E-state index in [0.717, 1.165) is 57.9 Å². The minimum Gasteiger partial charge on any atom is -0.491 e. The van der Waals surface area contributed by atoms with Gasteiger partial charge < -0.3 is 57.8 Å². The Bertz CT molecular complexity index is 2060. The van der Waals surface area contributed by atoms with Crippen LogP contribution in [0, 0.1) is 20.8 Å². The molecule has 1 aromatic heterocycles. The molecule has 3 amide bonds. The van der Waals surface area contributed by atoms with E-state index in [-0.39, 0.29) is 37.8 Å². The number of rotatable bonds is 26. The number of anilines is 1. The van der Waals surface area contributed by atoms with Crippen LogP contribution < -0.4 is 20.5 Å². The van der Waals surface area contributed by atoms with Gasteiger partial charge in [0.25, 0.3) is 11.5 Å². The molecule has 1 aliphatic heterocycles. The number of aryl methyl sites for hydroxylation is 2. The van der Waals surface area contributed by atoms with Crippen molar-refractivity contribution in [2.45, 2.75) is 106 Å². The van der Waals surface area contributed by atoms with Crippen molar-refractivity contribution in [3.8, 4) is 16.9 Å². The van der Waals surface area contributed by atoms with Crippen molar-refractivity contribution in [2.75, 3.05) is 104 Å². The van der Waals surface area contributed by atoms with Crippen LogP contribution in [0.2, 0.25) is 0 Å². The molecular formula is C51H76N4O13. The van der Waals surface area contributed by atoms with E-state index >= 15 is 0 Å². The van der Waals surface area contributed by atoms with Gasteiger partial charge in [-0.25, -0.2) is 14.5 Å². The summed E-state index contributed by atoms with van der Waals surface area (Å²) >= 11 is 0. The van der Waals surface area contributed by atoms with Crippen molar-refractivity contribution in [1.29, 1.82) is 0 Å². The highest BCUT2D eigenvalue weighted by Gasteiger charge is 2.31. The molecule has 1 aliphatic rings. The van der Waals surface area contributed by atoms with Crippen molar-refractivity contribution in [1.82, 2.24) is 15.2 Å².